The van der Waals surface area contributed by atoms with Crippen molar-refractivity contribution in [2.45, 2.75) is 44.7 Å². The molecule has 18 heavy (non-hydrogen) atoms. The summed E-state index contributed by atoms with van der Waals surface area (Å²) in [5, 5.41) is 3.05. The van der Waals surface area contributed by atoms with Gasteiger partial charge in [-0.25, -0.2) is 0 Å². The van der Waals surface area contributed by atoms with E-state index in [1.165, 1.54) is 6.42 Å². The van der Waals surface area contributed by atoms with Crippen LogP contribution >= 0.6 is 15.9 Å². The van der Waals surface area contributed by atoms with Gasteiger partial charge in [-0.15, -0.1) is 0 Å². The third-order valence-corrected chi connectivity index (χ3v) is 4.45. The van der Waals surface area contributed by atoms with E-state index in [1.807, 2.05) is 25.1 Å². The lowest BCUT2D eigenvalue weighted by Gasteiger charge is -2.29. The minimum absolute atomic E-state index is 0.0204. The van der Waals surface area contributed by atoms with Gasteiger partial charge in [-0.1, -0.05) is 28.8 Å². The number of hydrogen-bond donors (Lipinski definition) is 2. The molecule has 0 heterocycles. The lowest BCUT2D eigenvalue weighted by Crippen LogP contribution is -2.49. The molecule has 0 aromatic heterocycles. The second kappa shape index (κ2) is 5.85. The van der Waals surface area contributed by atoms with Crippen molar-refractivity contribution < 1.29 is 4.79 Å². The van der Waals surface area contributed by atoms with Gasteiger partial charge in [-0.05, 0) is 43.5 Å². The fourth-order valence-corrected chi connectivity index (χ4v) is 2.62. The molecule has 1 aromatic rings. The van der Waals surface area contributed by atoms with Crippen molar-refractivity contribution in [2.75, 3.05) is 0 Å². The monoisotopic (exact) mass is 310 g/mol. The molecule has 0 saturated heterocycles. The van der Waals surface area contributed by atoms with E-state index >= 15 is 0 Å². The molecule has 1 aromatic carbocycles. The predicted molar refractivity (Wildman–Crippen MR) is 76.6 cm³/mol. The molecule has 1 aliphatic rings. The van der Waals surface area contributed by atoms with Gasteiger partial charge >= 0.3 is 0 Å². The summed E-state index contributed by atoms with van der Waals surface area (Å²) in [5.74, 6) is -0.0204. The number of carbonyl (C=O) groups is 1. The highest BCUT2D eigenvalue weighted by atomic mass is 79.9. The summed E-state index contributed by atoms with van der Waals surface area (Å²) in [4.78, 5) is 12.1. The largest absolute Gasteiger partial charge is 0.348 e. The molecule has 3 N–H and O–H groups in total. The lowest BCUT2D eigenvalue weighted by molar-refractivity contribution is 0.0921. The van der Waals surface area contributed by atoms with Gasteiger partial charge in [-0.2, -0.15) is 0 Å². The van der Waals surface area contributed by atoms with Gasteiger partial charge in [0.05, 0.1) is 0 Å². The maximum atomic E-state index is 12.1. The Morgan fingerprint density at radius 1 is 1.39 bits per heavy atom. The molecule has 2 rings (SSSR count). The molecule has 0 radical (unpaired) electrons. The first-order valence-corrected chi connectivity index (χ1v) is 7.20. The molecular weight excluding hydrogens is 292 g/mol. The van der Waals surface area contributed by atoms with Gasteiger partial charge in [0.2, 0.25) is 0 Å². The fourth-order valence-electron chi connectivity index (χ4n) is 2.38. The number of aryl methyl sites for hydroxylation is 1. The predicted octanol–water partition coefficient (Wildman–Crippen LogP) is 2.76. The zero-order valence-electron chi connectivity index (χ0n) is 10.6. The SMILES string of the molecule is Cc1cc(C(=O)NC2CCCCC2N)ccc1Br. The van der Waals surface area contributed by atoms with Crippen LogP contribution in [0.3, 0.4) is 0 Å². The van der Waals surface area contributed by atoms with Crippen LogP contribution in [0.5, 0.6) is 0 Å². The summed E-state index contributed by atoms with van der Waals surface area (Å²) in [6, 6.07) is 5.86. The van der Waals surface area contributed by atoms with Gasteiger partial charge < -0.3 is 11.1 Å². The zero-order valence-corrected chi connectivity index (χ0v) is 12.2. The van der Waals surface area contributed by atoms with Gasteiger partial charge in [-0.3, -0.25) is 4.79 Å². The molecule has 1 amide bonds. The van der Waals surface area contributed by atoms with E-state index in [0.717, 1.165) is 29.3 Å². The fraction of sp³-hybridized carbons (Fsp3) is 0.500. The Labute approximate surface area is 116 Å². The van der Waals surface area contributed by atoms with E-state index in [1.54, 1.807) is 0 Å². The van der Waals surface area contributed by atoms with Crippen LogP contribution in [0.1, 0.15) is 41.6 Å². The Hall–Kier alpha value is -0.870. The third-order valence-electron chi connectivity index (χ3n) is 3.56. The van der Waals surface area contributed by atoms with Crippen molar-refractivity contribution in [1.29, 1.82) is 0 Å². The summed E-state index contributed by atoms with van der Waals surface area (Å²) in [5.41, 5.74) is 7.80. The van der Waals surface area contributed by atoms with Crippen LogP contribution in [0.25, 0.3) is 0 Å². The van der Waals surface area contributed by atoms with Gasteiger partial charge in [0.1, 0.15) is 0 Å². The highest BCUT2D eigenvalue weighted by molar-refractivity contribution is 9.10. The lowest BCUT2D eigenvalue weighted by atomic mass is 9.91. The van der Waals surface area contributed by atoms with Crippen LogP contribution < -0.4 is 11.1 Å². The van der Waals surface area contributed by atoms with Crippen LogP contribution in [0.15, 0.2) is 22.7 Å². The van der Waals surface area contributed by atoms with Crippen LogP contribution in [-0.4, -0.2) is 18.0 Å². The first-order valence-electron chi connectivity index (χ1n) is 6.40. The molecule has 0 spiro atoms. The Morgan fingerprint density at radius 3 is 2.78 bits per heavy atom. The average Bonchev–Trinajstić information content (AvgIpc) is 2.35. The Kier molecular flexibility index (Phi) is 4.40. The molecule has 1 aliphatic carbocycles. The Morgan fingerprint density at radius 2 is 2.11 bits per heavy atom. The molecule has 0 aliphatic heterocycles. The van der Waals surface area contributed by atoms with E-state index in [2.05, 4.69) is 21.2 Å². The summed E-state index contributed by atoms with van der Waals surface area (Å²) in [6.45, 7) is 1.98. The van der Waals surface area contributed by atoms with E-state index in [0.29, 0.717) is 5.56 Å². The molecule has 0 bridgehead atoms. The molecular formula is C14H19BrN2O. The third kappa shape index (κ3) is 3.12. The van der Waals surface area contributed by atoms with Crippen molar-refractivity contribution in [2.24, 2.45) is 5.73 Å². The number of nitrogens with one attached hydrogen (secondary N) is 1. The smallest absolute Gasteiger partial charge is 0.251 e. The first-order chi connectivity index (χ1) is 8.58. The molecule has 4 heteroatoms. The number of amides is 1. The Bertz CT molecular complexity index is 447. The highest BCUT2D eigenvalue weighted by Gasteiger charge is 2.23. The number of halogens is 1. The van der Waals surface area contributed by atoms with Gasteiger partial charge in [0.15, 0.2) is 0 Å². The summed E-state index contributed by atoms with van der Waals surface area (Å²) in [6.07, 6.45) is 4.32. The van der Waals surface area contributed by atoms with Crippen LogP contribution in [0, 0.1) is 6.92 Å². The maximum Gasteiger partial charge on any atom is 0.251 e. The first kappa shape index (κ1) is 13.6. The van der Waals surface area contributed by atoms with Crippen LogP contribution in [0.4, 0.5) is 0 Å². The van der Waals surface area contributed by atoms with Crippen LogP contribution in [0.2, 0.25) is 0 Å². The number of nitrogens with two attached hydrogens (primary N) is 1. The van der Waals surface area contributed by atoms with Crippen molar-refractivity contribution in [3.8, 4) is 0 Å². The minimum atomic E-state index is -0.0204. The minimum Gasteiger partial charge on any atom is -0.348 e. The number of rotatable bonds is 2. The van der Waals surface area contributed by atoms with Crippen molar-refractivity contribution in [3.05, 3.63) is 33.8 Å². The summed E-state index contributed by atoms with van der Waals surface area (Å²) in [7, 11) is 0. The normalized spacial score (nSPS) is 23.7. The Balaban J connectivity index is 2.04. The molecule has 1 fully saturated rings. The van der Waals surface area contributed by atoms with Crippen molar-refractivity contribution >= 4 is 21.8 Å². The summed E-state index contributed by atoms with van der Waals surface area (Å²) >= 11 is 3.43. The number of carbonyl (C=O) groups excluding carboxylic acids is 1. The quantitative estimate of drug-likeness (QED) is 0.882. The molecule has 3 nitrogen and oxygen atoms in total. The van der Waals surface area contributed by atoms with E-state index in [4.69, 9.17) is 5.73 Å². The zero-order chi connectivity index (χ0) is 13.1. The van der Waals surface area contributed by atoms with Crippen molar-refractivity contribution in [1.82, 2.24) is 5.32 Å². The van der Waals surface area contributed by atoms with Crippen molar-refractivity contribution in [3.63, 3.8) is 0 Å². The number of hydrogen-bond acceptors (Lipinski definition) is 2. The second-order valence-corrected chi connectivity index (χ2v) is 5.85. The topological polar surface area (TPSA) is 55.1 Å². The molecule has 2 unspecified atom stereocenters. The number of benzene rings is 1. The molecule has 1 saturated carbocycles. The van der Waals surface area contributed by atoms with Crippen LogP contribution in [-0.2, 0) is 0 Å². The molecule has 98 valence electrons. The second-order valence-electron chi connectivity index (χ2n) is 4.99. The van der Waals surface area contributed by atoms with E-state index in [-0.39, 0.29) is 18.0 Å². The summed E-state index contributed by atoms with van der Waals surface area (Å²) < 4.78 is 1.02. The average molecular weight is 311 g/mol. The van der Waals surface area contributed by atoms with Gasteiger partial charge in [0.25, 0.3) is 5.91 Å². The van der Waals surface area contributed by atoms with E-state index < -0.39 is 0 Å². The maximum absolute atomic E-state index is 12.1. The highest BCUT2D eigenvalue weighted by Crippen LogP contribution is 2.19. The molecule has 2 atom stereocenters. The standard InChI is InChI=1S/C14H19BrN2O/c1-9-8-10(6-7-11(9)15)14(18)17-13-5-3-2-4-12(13)16/h6-8,12-13H,2-5,16H2,1H3,(H,17,18). The van der Waals surface area contributed by atoms with E-state index in [9.17, 15) is 4.79 Å². The van der Waals surface area contributed by atoms with Gasteiger partial charge in [0, 0.05) is 22.1 Å².